The molecule has 2 saturated carbocycles. The van der Waals surface area contributed by atoms with Crippen LogP contribution in [0.2, 0.25) is 10.0 Å². The molecule has 12 heteroatoms. The van der Waals surface area contributed by atoms with E-state index in [1.807, 2.05) is 23.1 Å². The summed E-state index contributed by atoms with van der Waals surface area (Å²) in [5.74, 6) is -0.146. The van der Waals surface area contributed by atoms with Crippen molar-refractivity contribution in [1.82, 2.24) is 4.90 Å². The Kier molecular flexibility index (Phi) is 10.6. The highest BCUT2D eigenvalue weighted by Crippen LogP contribution is 2.53. The SMILES string of the molecule is CN(C[C@H](O)[C@@H](O)[C@H](O)[C@H](O)CO)C(=O)CCc1cc(Cl)c(CCC2(C(=O)N3CCN(C4CC4)c4ccccc43)CC2)cc1Cl. The molecule has 2 aromatic carbocycles. The van der Waals surface area contributed by atoms with Crippen LogP contribution in [0.1, 0.15) is 49.7 Å². The van der Waals surface area contributed by atoms with Crippen molar-refractivity contribution in [2.24, 2.45) is 5.41 Å². The van der Waals surface area contributed by atoms with Gasteiger partial charge in [-0.1, -0.05) is 35.3 Å². The number of para-hydroxylation sites is 2. The van der Waals surface area contributed by atoms with Crippen LogP contribution in [0.15, 0.2) is 36.4 Å². The zero-order chi connectivity index (χ0) is 32.5. The molecular formula is C33H43Cl2N3O7. The number of likely N-dealkylation sites (N-methyl/N-ethyl adjacent to an activating group) is 1. The number of aliphatic hydroxyl groups is 5. The first kappa shape index (κ1) is 33.9. The Labute approximate surface area is 273 Å². The predicted octanol–water partition coefficient (Wildman–Crippen LogP) is 2.55. The lowest BCUT2D eigenvalue weighted by Gasteiger charge is -2.39. The Hall–Kier alpha value is -2.44. The van der Waals surface area contributed by atoms with Gasteiger partial charge < -0.3 is 40.2 Å². The van der Waals surface area contributed by atoms with Crippen molar-refractivity contribution in [3.05, 3.63) is 57.6 Å². The predicted molar refractivity (Wildman–Crippen MR) is 173 cm³/mol. The van der Waals surface area contributed by atoms with E-state index in [4.69, 9.17) is 28.3 Å². The molecule has 3 aliphatic rings. The van der Waals surface area contributed by atoms with Gasteiger partial charge in [0.25, 0.3) is 0 Å². The van der Waals surface area contributed by atoms with E-state index < -0.39 is 36.4 Å². The Balaban J connectivity index is 1.15. The average molecular weight is 665 g/mol. The molecule has 45 heavy (non-hydrogen) atoms. The topological polar surface area (TPSA) is 145 Å². The van der Waals surface area contributed by atoms with Gasteiger partial charge in [0.1, 0.15) is 24.4 Å². The highest BCUT2D eigenvalue weighted by atomic mass is 35.5. The second-order valence-corrected chi connectivity index (χ2v) is 13.6. The number of benzene rings is 2. The van der Waals surface area contributed by atoms with Crippen LogP contribution in [-0.4, -0.2) is 106 Å². The standard InChI is InChI=1S/C33H43Cl2N3O7/c1-36(18-27(40)30(43)31(44)28(41)19-39)29(42)9-6-20-16-24(35)21(17-23(20)34)10-11-33(12-13-33)32(45)38-15-14-37(22-7-8-22)25-4-2-3-5-26(25)38/h2-5,16-17,22,27-28,30-31,39-41,43-44H,6-15,18-19H2,1H3/t27-,28+,30+,31+/m0/s1. The number of aliphatic hydroxyl groups excluding tert-OH is 5. The highest BCUT2D eigenvalue weighted by molar-refractivity contribution is 6.34. The molecule has 2 fully saturated rings. The number of carbonyl (C=O) groups is 2. The van der Waals surface area contributed by atoms with Gasteiger partial charge in [-0.15, -0.1) is 0 Å². The zero-order valence-electron chi connectivity index (χ0n) is 25.5. The Morgan fingerprint density at radius 1 is 0.933 bits per heavy atom. The third kappa shape index (κ3) is 7.59. The molecule has 2 aliphatic carbocycles. The van der Waals surface area contributed by atoms with Crippen molar-refractivity contribution in [3.8, 4) is 0 Å². The van der Waals surface area contributed by atoms with Gasteiger partial charge in [-0.2, -0.15) is 0 Å². The van der Waals surface area contributed by atoms with Crippen LogP contribution in [-0.2, 0) is 22.4 Å². The zero-order valence-corrected chi connectivity index (χ0v) is 27.0. The lowest BCUT2D eigenvalue weighted by molar-refractivity contribution is -0.137. The average Bonchev–Trinajstić information content (AvgIpc) is 3.98. The number of amides is 2. The molecule has 4 atom stereocenters. The van der Waals surface area contributed by atoms with Crippen molar-refractivity contribution < 1.29 is 35.1 Å². The van der Waals surface area contributed by atoms with Crippen LogP contribution < -0.4 is 9.80 Å². The third-order valence-corrected chi connectivity index (χ3v) is 10.2. The fraction of sp³-hybridized carbons (Fsp3) is 0.576. The molecule has 0 aromatic heterocycles. The number of rotatable bonds is 14. The molecule has 1 aliphatic heterocycles. The molecule has 0 bridgehead atoms. The maximum absolute atomic E-state index is 13.9. The monoisotopic (exact) mass is 663 g/mol. The Morgan fingerprint density at radius 2 is 1.53 bits per heavy atom. The van der Waals surface area contributed by atoms with E-state index >= 15 is 0 Å². The maximum Gasteiger partial charge on any atom is 0.233 e. The molecule has 0 unspecified atom stereocenters. The summed E-state index contributed by atoms with van der Waals surface area (Å²) in [6.07, 6.45) is -0.913. The van der Waals surface area contributed by atoms with Crippen LogP contribution in [0.4, 0.5) is 11.4 Å². The first-order valence-electron chi connectivity index (χ1n) is 15.7. The van der Waals surface area contributed by atoms with Gasteiger partial charge in [0.15, 0.2) is 0 Å². The summed E-state index contributed by atoms with van der Waals surface area (Å²) in [5.41, 5.74) is 3.30. The highest BCUT2D eigenvalue weighted by Gasteiger charge is 2.52. The van der Waals surface area contributed by atoms with E-state index in [1.54, 1.807) is 6.07 Å². The van der Waals surface area contributed by atoms with Crippen molar-refractivity contribution >= 4 is 46.4 Å². The van der Waals surface area contributed by atoms with Gasteiger partial charge >= 0.3 is 0 Å². The lowest BCUT2D eigenvalue weighted by Crippen LogP contribution is -2.50. The second kappa shape index (κ2) is 14.1. The number of halogens is 2. The number of anilines is 2. The van der Waals surface area contributed by atoms with Gasteiger partial charge in [0.2, 0.25) is 11.8 Å². The minimum Gasteiger partial charge on any atom is -0.394 e. The van der Waals surface area contributed by atoms with E-state index in [2.05, 4.69) is 17.0 Å². The minimum absolute atomic E-state index is 0.0592. The Morgan fingerprint density at radius 3 is 2.13 bits per heavy atom. The molecule has 1 heterocycles. The van der Waals surface area contributed by atoms with E-state index in [-0.39, 0.29) is 24.8 Å². The van der Waals surface area contributed by atoms with E-state index in [0.29, 0.717) is 47.5 Å². The van der Waals surface area contributed by atoms with Crippen LogP contribution in [0.5, 0.6) is 0 Å². The molecule has 2 aromatic rings. The normalized spacial score (nSPS) is 19.8. The van der Waals surface area contributed by atoms with Gasteiger partial charge in [-0.05, 0) is 80.3 Å². The van der Waals surface area contributed by atoms with Crippen molar-refractivity contribution in [3.63, 3.8) is 0 Å². The first-order chi connectivity index (χ1) is 21.5. The molecule has 5 rings (SSSR count). The molecule has 0 saturated heterocycles. The van der Waals surface area contributed by atoms with Crippen LogP contribution in [0.3, 0.4) is 0 Å². The van der Waals surface area contributed by atoms with Crippen molar-refractivity contribution in [2.45, 2.75) is 81.8 Å². The Bertz CT molecular complexity index is 1390. The largest absolute Gasteiger partial charge is 0.394 e. The summed E-state index contributed by atoms with van der Waals surface area (Å²) < 4.78 is 0. The van der Waals surface area contributed by atoms with Gasteiger partial charge in [0, 0.05) is 49.2 Å². The summed E-state index contributed by atoms with van der Waals surface area (Å²) in [6.45, 7) is 0.474. The van der Waals surface area contributed by atoms with Gasteiger partial charge in [-0.3, -0.25) is 9.59 Å². The quantitative estimate of drug-likeness (QED) is 0.207. The second-order valence-electron chi connectivity index (χ2n) is 12.8. The van der Waals surface area contributed by atoms with E-state index in [1.165, 1.54) is 24.8 Å². The summed E-state index contributed by atoms with van der Waals surface area (Å²) in [6, 6.07) is 12.4. The fourth-order valence-corrected chi connectivity index (χ4v) is 6.80. The number of nitrogens with zero attached hydrogens (tertiary/aromatic N) is 3. The number of hydrogen-bond donors (Lipinski definition) is 5. The van der Waals surface area contributed by atoms with E-state index in [0.717, 1.165) is 36.3 Å². The molecule has 0 radical (unpaired) electrons. The van der Waals surface area contributed by atoms with Crippen LogP contribution >= 0.6 is 23.2 Å². The minimum atomic E-state index is -1.76. The molecule has 2 amide bonds. The molecule has 10 nitrogen and oxygen atoms in total. The van der Waals surface area contributed by atoms with Gasteiger partial charge in [0.05, 0.1) is 23.4 Å². The summed E-state index contributed by atoms with van der Waals surface area (Å²) >= 11 is 13.3. The molecule has 0 spiro atoms. The number of carbonyl (C=O) groups excluding carboxylic acids is 2. The number of aryl methyl sites for hydroxylation is 2. The third-order valence-electron chi connectivity index (χ3n) is 9.50. The summed E-state index contributed by atoms with van der Waals surface area (Å²) in [4.78, 5) is 32.2. The number of hydrogen-bond acceptors (Lipinski definition) is 8. The van der Waals surface area contributed by atoms with Crippen molar-refractivity contribution in [1.29, 1.82) is 0 Å². The van der Waals surface area contributed by atoms with E-state index in [9.17, 15) is 30.0 Å². The maximum atomic E-state index is 13.9. The summed E-state index contributed by atoms with van der Waals surface area (Å²) in [5, 5.41) is 49.4. The lowest BCUT2D eigenvalue weighted by atomic mass is 9.93. The van der Waals surface area contributed by atoms with Crippen LogP contribution in [0.25, 0.3) is 0 Å². The number of fused-ring (bicyclic) bond motifs is 1. The van der Waals surface area contributed by atoms with Crippen LogP contribution in [0, 0.1) is 5.41 Å². The molecular weight excluding hydrogens is 621 g/mol. The molecule has 246 valence electrons. The van der Waals surface area contributed by atoms with Crippen molar-refractivity contribution in [2.75, 3.05) is 43.1 Å². The summed E-state index contributed by atoms with van der Waals surface area (Å²) in [7, 11) is 1.45. The fourth-order valence-electron chi connectivity index (χ4n) is 6.24. The smallest absolute Gasteiger partial charge is 0.233 e. The van der Waals surface area contributed by atoms with Gasteiger partial charge in [-0.25, -0.2) is 0 Å². The first-order valence-corrected chi connectivity index (χ1v) is 16.4. The molecule has 5 N–H and O–H groups in total.